The topological polar surface area (TPSA) is 44.3 Å². The average molecular weight is 223 g/mol. The number of hydrogen-bond acceptors (Lipinski definition) is 5. The third kappa shape index (κ3) is 4.02. The monoisotopic (exact) mass is 223 g/mol. The maximum atomic E-state index is 4.42. The number of anilines is 2. The van der Waals surface area contributed by atoms with Crippen LogP contribution in [0.15, 0.2) is 6.07 Å². The Hall–Kier alpha value is -1.36. The van der Waals surface area contributed by atoms with Gasteiger partial charge in [0.2, 0.25) is 5.95 Å². The van der Waals surface area contributed by atoms with E-state index in [1.807, 2.05) is 46.1 Å². The first-order valence-corrected chi connectivity index (χ1v) is 5.40. The molecule has 5 nitrogen and oxygen atoms in total. The minimum atomic E-state index is 0.700. The summed E-state index contributed by atoms with van der Waals surface area (Å²) in [6.07, 6.45) is 0. The van der Waals surface area contributed by atoms with Gasteiger partial charge in [-0.2, -0.15) is 4.98 Å². The molecular weight excluding hydrogens is 202 g/mol. The molecule has 1 rings (SSSR count). The zero-order chi connectivity index (χ0) is 12.1. The molecule has 1 aromatic rings. The SMILES string of the molecule is Cc1cc(N(C)C)nc(NCCN(C)C)n1. The second-order valence-electron chi connectivity index (χ2n) is 4.32. The fourth-order valence-electron chi connectivity index (χ4n) is 1.25. The molecule has 1 heterocycles. The summed E-state index contributed by atoms with van der Waals surface area (Å²) in [6, 6.07) is 1.97. The molecule has 0 saturated heterocycles. The van der Waals surface area contributed by atoms with Crippen LogP contribution in [0, 0.1) is 6.92 Å². The molecule has 1 aromatic heterocycles. The van der Waals surface area contributed by atoms with Gasteiger partial charge in [0.25, 0.3) is 0 Å². The van der Waals surface area contributed by atoms with E-state index in [0.717, 1.165) is 24.6 Å². The molecule has 5 heteroatoms. The van der Waals surface area contributed by atoms with Crippen molar-refractivity contribution in [3.63, 3.8) is 0 Å². The molecular formula is C11H21N5. The molecule has 0 aliphatic heterocycles. The number of nitrogens with one attached hydrogen (secondary N) is 1. The summed E-state index contributed by atoms with van der Waals surface area (Å²) in [5.74, 6) is 1.63. The highest BCUT2D eigenvalue weighted by molar-refractivity contribution is 5.43. The summed E-state index contributed by atoms with van der Waals surface area (Å²) in [5, 5.41) is 3.22. The number of likely N-dealkylation sites (N-methyl/N-ethyl adjacent to an activating group) is 1. The molecule has 0 aromatic carbocycles. The third-order valence-corrected chi connectivity index (χ3v) is 2.14. The predicted molar refractivity (Wildman–Crippen MR) is 68.1 cm³/mol. The van der Waals surface area contributed by atoms with E-state index in [0.29, 0.717) is 5.95 Å². The van der Waals surface area contributed by atoms with E-state index in [-0.39, 0.29) is 0 Å². The standard InChI is InChI=1S/C11H21N5/c1-9-8-10(16(4)5)14-11(13-9)12-6-7-15(2)3/h8H,6-7H2,1-5H3,(H,12,13,14). The van der Waals surface area contributed by atoms with Gasteiger partial charge in [0, 0.05) is 38.9 Å². The second-order valence-corrected chi connectivity index (χ2v) is 4.32. The van der Waals surface area contributed by atoms with Gasteiger partial charge in [-0.3, -0.25) is 0 Å². The largest absolute Gasteiger partial charge is 0.363 e. The summed E-state index contributed by atoms with van der Waals surface area (Å²) in [4.78, 5) is 12.9. The smallest absolute Gasteiger partial charge is 0.224 e. The molecule has 0 spiro atoms. The average Bonchev–Trinajstić information content (AvgIpc) is 2.16. The van der Waals surface area contributed by atoms with Gasteiger partial charge in [-0.05, 0) is 21.0 Å². The Balaban J connectivity index is 2.65. The normalized spacial score (nSPS) is 10.6. The third-order valence-electron chi connectivity index (χ3n) is 2.14. The van der Waals surface area contributed by atoms with Crippen LogP contribution in [-0.2, 0) is 0 Å². The maximum absolute atomic E-state index is 4.42. The lowest BCUT2D eigenvalue weighted by Crippen LogP contribution is -2.22. The summed E-state index contributed by atoms with van der Waals surface area (Å²) in [7, 11) is 8.05. The van der Waals surface area contributed by atoms with Gasteiger partial charge in [-0.25, -0.2) is 4.98 Å². The molecule has 1 N–H and O–H groups in total. The van der Waals surface area contributed by atoms with Crippen LogP contribution in [-0.4, -0.2) is 56.1 Å². The zero-order valence-electron chi connectivity index (χ0n) is 10.8. The number of aromatic nitrogens is 2. The van der Waals surface area contributed by atoms with Gasteiger partial charge in [-0.15, -0.1) is 0 Å². The first-order chi connectivity index (χ1) is 7.49. The van der Waals surface area contributed by atoms with Crippen molar-refractivity contribution in [2.75, 3.05) is 51.5 Å². The van der Waals surface area contributed by atoms with Crippen LogP contribution < -0.4 is 10.2 Å². The van der Waals surface area contributed by atoms with E-state index in [2.05, 4.69) is 20.2 Å². The van der Waals surface area contributed by atoms with E-state index < -0.39 is 0 Å². The summed E-state index contributed by atoms with van der Waals surface area (Å²) in [6.45, 7) is 3.80. The van der Waals surface area contributed by atoms with Crippen molar-refractivity contribution >= 4 is 11.8 Å². The summed E-state index contributed by atoms with van der Waals surface area (Å²) >= 11 is 0. The quantitative estimate of drug-likeness (QED) is 0.801. The molecule has 0 atom stereocenters. The van der Waals surface area contributed by atoms with Gasteiger partial charge in [0.05, 0.1) is 0 Å². The molecule has 16 heavy (non-hydrogen) atoms. The summed E-state index contributed by atoms with van der Waals surface area (Å²) < 4.78 is 0. The maximum Gasteiger partial charge on any atom is 0.224 e. The summed E-state index contributed by atoms with van der Waals surface area (Å²) in [5.41, 5.74) is 0.978. The highest BCUT2D eigenvalue weighted by atomic mass is 15.2. The Labute approximate surface area is 97.5 Å². The molecule has 0 aliphatic rings. The predicted octanol–water partition coefficient (Wildman–Crippen LogP) is 0.825. The van der Waals surface area contributed by atoms with Crippen molar-refractivity contribution in [3.05, 3.63) is 11.8 Å². The van der Waals surface area contributed by atoms with Gasteiger partial charge in [-0.1, -0.05) is 0 Å². The lowest BCUT2D eigenvalue weighted by Gasteiger charge is -2.14. The molecule has 0 bridgehead atoms. The minimum absolute atomic E-state index is 0.700. The van der Waals surface area contributed by atoms with Crippen LogP contribution in [0.2, 0.25) is 0 Å². The molecule has 0 unspecified atom stereocenters. The van der Waals surface area contributed by atoms with Crippen molar-refractivity contribution in [2.24, 2.45) is 0 Å². The Kier molecular flexibility index (Phi) is 4.49. The van der Waals surface area contributed by atoms with Crippen molar-refractivity contribution in [1.29, 1.82) is 0 Å². The molecule has 0 radical (unpaired) electrons. The number of hydrogen-bond donors (Lipinski definition) is 1. The molecule has 0 aliphatic carbocycles. The first-order valence-electron chi connectivity index (χ1n) is 5.40. The number of nitrogens with zero attached hydrogens (tertiary/aromatic N) is 4. The fourth-order valence-corrected chi connectivity index (χ4v) is 1.25. The Bertz CT molecular complexity index is 335. The molecule has 90 valence electrons. The lowest BCUT2D eigenvalue weighted by atomic mass is 10.4. The van der Waals surface area contributed by atoms with Gasteiger partial charge in [0.15, 0.2) is 0 Å². The number of rotatable bonds is 5. The van der Waals surface area contributed by atoms with Crippen LogP contribution in [0.3, 0.4) is 0 Å². The van der Waals surface area contributed by atoms with E-state index in [1.165, 1.54) is 0 Å². The molecule has 0 amide bonds. The highest BCUT2D eigenvalue weighted by Crippen LogP contribution is 2.11. The fraction of sp³-hybridized carbons (Fsp3) is 0.636. The van der Waals surface area contributed by atoms with Gasteiger partial charge in [0.1, 0.15) is 5.82 Å². The van der Waals surface area contributed by atoms with E-state index in [1.54, 1.807) is 0 Å². The van der Waals surface area contributed by atoms with Crippen molar-refractivity contribution < 1.29 is 0 Å². The van der Waals surface area contributed by atoms with Crippen molar-refractivity contribution in [1.82, 2.24) is 14.9 Å². The molecule has 0 fully saturated rings. The minimum Gasteiger partial charge on any atom is -0.363 e. The first kappa shape index (κ1) is 12.7. The van der Waals surface area contributed by atoms with Crippen molar-refractivity contribution in [3.8, 4) is 0 Å². The molecule has 0 saturated carbocycles. The van der Waals surface area contributed by atoms with E-state index >= 15 is 0 Å². The zero-order valence-corrected chi connectivity index (χ0v) is 10.8. The Morgan fingerprint density at radius 2 is 1.88 bits per heavy atom. The van der Waals surface area contributed by atoms with Crippen LogP contribution in [0.4, 0.5) is 11.8 Å². The Morgan fingerprint density at radius 1 is 1.19 bits per heavy atom. The van der Waals surface area contributed by atoms with E-state index in [9.17, 15) is 0 Å². The van der Waals surface area contributed by atoms with Gasteiger partial charge < -0.3 is 15.1 Å². The van der Waals surface area contributed by atoms with Gasteiger partial charge >= 0.3 is 0 Å². The van der Waals surface area contributed by atoms with Crippen LogP contribution in [0.25, 0.3) is 0 Å². The van der Waals surface area contributed by atoms with E-state index in [4.69, 9.17) is 0 Å². The Morgan fingerprint density at radius 3 is 2.44 bits per heavy atom. The van der Waals surface area contributed by atoms with Crippen LogP contribution in [0.1, 0.15) is 5.69 Å². The van der Waals surface area contributed by atoms with Crippen LogP contribution >= 0.6 is 0 Å². The lowest BCUT2D eigenvalue weighted by molar-refractivity contribution is 0.425. The number of aryl methyl sites for hydroxylation is 1. The second kappa shape index (κ2) is 5.65. The highest BCUT2D eigenvalue weighted by Gasteiger charge is 2.03. The van der Waals surface area contributed by atoms with Crippen LogP contribution in [0.5, 0.6) is 0 Å². The van der Waals surface area contributed by atoms with Crippen molar-refractivity contribution in [2.45, 2.75) is 6.92 Å².